The van der Waals surface area contributed by atoms with Crippen LogP contribution in [0.2, 0.25) is 0 Å². The highest BCUT2D eigenvalue weighted by Crippen LogP contribution is 2.05. The molecule has 0 aromatic carbocycles. The summed E-state index contributed by atoms with van der Waals surface area (Å²) in [4.78, 5) is 0. The highest BCUT2D eigenvalue weighted by Gasteiger charge is 2.00. The lowest BCUT2D eigenvalue weighted by Crippen LogP contribution is -2.24. The average molecular weight is 239 g/mol. The molecule has 0 saturated carbocycles. The molecule has 0 amide bonds. The Morgan fingerprint density at radius 1 is 1.29 bits per heavy atom. The molecule has 1 N–H and O–H groups in total. The second-order valence-electron chi connectivity index (χ2n) is 3.85. The van der Waals surface area contributed by atoms with E-state index in [1.54, 1.807) is 0 Å². The van der Waals surface area contributed by atoms with Gasteiger partial charge in [0.05, 0.1) is 5.75 Å². The summed E-state index contributed by atoms with van der Waals surface area (Å²) in [6.07, 6.45) is 1.27. The van der Waals surface area contributed by atoms with Crippen LogP contribution in [0.1, 0.15) is 13.8 Å². The average Bonchev–Trinajstić information content (AvgIpc) is 2.00. The zero-order chi connectivity index (χ0) is 11.0. The lowest BCUT2D eigenvalue weighted by Gasteiger charge is -2.05. The van der Waals surface area contributed by atoms with Crippen LogP contribution in [-0.4, -0.2) is 45.0 Å². The van der Waals surface area contributed by atoms with E-state index < -0.39 is 9.84 Å². The molecular formula is C9H21NO2S2. The van der Waals surface area contributed by atoms with Crippen LogP contribution < -0.4 is 5.32 Å². The second kappa shape index (κ2) is 7.54. The Morgan fingerprint density at radius 2 is 1.93 bits per heavy atom. The zero-order valence-electron chi connectivity index (χ0n) is 9.25. The molecule has 0 bridgehead atoms. The second-order valence-corrected chi connectivity index (χ2v) is 7.26. The van der Waals surface area contributed by atoms with E-state index in [4.69, 9.17) is 0 Å². The fraction of sp³-hybridized carbons (Fsp3) is 1.00. The highest BCUT2D eigenvalue weighted by molar-refractivity contribution is 7.99. The van der Waals surface area contributed by atoms with Crippen LogP contribution >= 0.6 is 11.8 Å². The Kier molecular flexibility index (Phi) is 7.68. The fourth-order valence-corrected chi connectivity index (χ4v) is 2.29. The first kappa shape index (κ1) is 14.3. The summed E-state index contributed by atoms with van der Waals surface area (Å²) < 4.78 is 21.5. The number of hydrogen-bond acceptors (Lipinski definition) is 4. The minimum absolute atomic E-state index is 0.238. The Balaban J connectivity index is 3.15. The lowest BCUT2D eigenvalue weighted by molar-refractivity contribution is 0.598. The summed E-state index contributed by atoms with van der Waals surface area (Å²) in [7, 11) is -2.80. The van der Waals surface area contributed by atoms with E-state index in [0.29, 0.717) is 6.54 Å². The van der Waals surface area contributed by atoms with Crippen molar-refractivity contribution in [1.29, 1.82) is 0 Å². The molecular weight excluding hydrogens is 218 g/mol. The molecule has 14 heavy (non-hydrogen) atoms. The monoisotopic (exact) mass is 239 g/mol. The van der Waals surface area contributed by atoms with Crippen LogP contribution in [0.15, 0.2) is 0 Å². The van der Waals surface area contributed by atoms with Crippen LogP contribution in [-0.2, 0) is 9.84 Å². The largest absolute Gasteiger partial charge is 0.315 e. The molecule has 0 heterocycles. The maximum absolute atomic E-state index is 10.8. The number of sulfone groups is 1. The number of rotatable bonds is 8. The quantitative estimate of drug-likeness (QED) is 0.642. The fourth-order valence-electron chi connectivity index (χ4n) is 0.846. The van der Waals surface area contributed by atoms with Crippen LogP contribution in [0.3, 0.4) is 0 Å². The predicted octanol–water partition coefficient (Wildman–Crippen LogP) is 1.01. The smallest absolute Gasteiger partial charge is 0.148 e. The highest BCUT2D eigenvalue weighted by atomic mass is 32.2. The van der Waals surface area contributed by atoms with Crippen LogP contribution in [0.25, 0.3) is 0 Å². The van der Waals surface area contributed by atoms with Gasteiger partial charge < -0.3 is 5.32 Å². The van der Waals surface area contributed by atoms with Crippen LogP contribution in [0.4, 0.5) is 0 Å². The first-order chi connectivity index (χ1) is 6.42. The third-order valence-corrected chi connectivity index (χ3v) is 3.86. The third kappa shape index (κ3) is 12.3. The van der Waals surface area contributed by atoms with Gasteiger partial charge >= 0.3 is 0 Å². The Hall–Kier alpha value is 0.260. The van der Waals surface area contributed by atoms with Gasteiger partial charge in [0.15, 0.2) is 0 Å². The third-order valence-electron chi connectivity index (χ3n) is 1.52. The summed E-state index contributed by atoms with van der Waals surface area (Å²) in [5.41, 5.74) is 0. The molecule has 0 saturated heterocycles. The number of hydrogen-bond donors (Lipinski definition) is 1. The predicted molar refractivity (Wildman–Crippen MR) is 64.7 cm³/mol. The minimum atomic E-state index is -2.80. The van der Waals surface area contributed by atoms with Gasteiger partial charge in [0.25, 0.3) is 0 Å². The van der Waals surface area contributed by atoms with E-state index in [1.165, 1.54) is 12.0 Å². The van der Waals surface area contributed by atoms with Crippen molar-refractivity contribution < 1.29 is 8.42 Å². The van der Waals surface area contributed by atoms with Crippen molar-refractivity contribution in [2.24, 2.45) is 5.92 Å². The molecule has 86 valence electrons. The Labute approximate surface area is 92.0 Å². The van der Waals surface area contributed by atoms with Gasteiger partial charge in [0, 0.05) is 25.1 Å². The van der Waals surface area contributed by atoms with E-state index in [2.05, 4.69) is 19.2 Å². The molecule has 0 aromatic rings. The van der Waals surface area contributed by atoms with Gasteiger partial charge in [-0.15, -0.1) is 0 Å². The van der Waals surface area contributed by atoms with Crippen molar-refractivity contribution >= 4 is 21.6 Å². The molecule has 0 radical (unpaired) electrons. The minimum Gasteiger partial charge on any atom is -0.315 e. The summed E-state index contributed by atoms with van der Waals surface area (Å²) in [6, 6.07) is 0. The van der Waals surface area contributed by atoms with Crippen molar-refractivity contribution in [3.63, 3.8) is 0 Å². The van der Waals surface area contributed by atoms with Crippen molar-refractivity contribution in [3.05, 3.63) is 0 Å². The van der Waals surface area contributed by atoms with Gasteiger partial charge in [-0.1, -0.05) is 13.8 Å². The molecule has 0 aliphatic rings. The number of thioether (sulfide) groups is 1. The normalized spacial score (nSPS) is 12.3. The molecule has 0 aliphatic heterocycles. The SMILES string of the molecule is CC(C)CSCCNCCS(C)(=O)=O. The number of nitrogens with one attached hydrogen (secondary N) is 1. The molecule has 0 aliphatic carbocycles. The maximum atomic E-state index is 10.8. The Morgan fingerprint density at radius 3 is 2.43 bits per heavy atom. The summed E-state index contributed by atoms with van der Waals surface area (Å²) in [5.74, 6) is 3.20. The molecule has 5 heteroatoms. The molecule has 0 spiro atoms. The van der Waals surface area contributed by atoms with Gasteiger partial charge in [-0.2, -0.15) is 11.8 Å². The van der Waals surface area contributed by atoms with Gasteiger partial charge in [0.2, 0.25) is 0 Å². The van der Waals surface area contributed by atoms with E-state index in [9.17, 15) is 8.42 Å². The summed E-state index contributed by atoms with van der Waals surface area (Å²) >= 11 is 1.91. The molecule has 0 aromatic heterocycles. The van der Waals surface area contributed by atoms with Gasteiger partial charge in [-0.3, -0.25) is 0 Å². The van der Waals surface area contributed by atoms with Crippen molar-refractivity contribution in [2.45, 2.75) is 13.8 Å². The summed E-state index contributed by atoms with van der Waals surface area (Å²) in [6.45, 7) is 5.86. The standard InChI is InChI=1S/C9H21NO2S2/c1-9(2)8-13-6-4-10-5-7-14(3,11)12/h9-10H,4-8H2,1-3H3. The van der Waals surface area contributed by atoms with Crippen LogP contribution in [0.5, 0.6) is 0 Å². The van der Waals surface area contributed by atoms with Gasteiger partial charge in [0.1, 0.15) is 9.84 Å². The zero-order valence-corrected chi connectivity index (χ0v) is 10.9. The van der Waals surface area contributed by atoms with E-state index in [1.807, 2.05) is 11.8 Å². The lowest BCUT2D eigenvalue weighted by atomic mass is 10.3. The first-order valence-electron chi connectivity index (χ1n) is 4.88. The van der Waals surface area contributed by atoms with Crippen molar-refractivity contribution in [3.8, 4) is 0 Å². The topological polar surface area (TPSA) is 46.2 Å². The van der Waals surface area contributed by atoms with Crippen molar-refractivity contribution in [2.75, 3.05) is 36.6 Å². The summed E-state index contributed by atoms with van der Waals surface area (Å²) in [5, 5.41) is 3.12. The molecule has 0 unspecified atom stereocenters. The van der Waals surface area contributed by atoms with E-state index >= 15 is 0 Å². The van der Waals surface area contributed by atoms with E-state index in [0.717, 1.165) is 18.2 Å². The molecule has 0 rings (SSSR count). The molecule has 3 nitrogen and oxygen atoms in total. The van der Waals surface area contributed by atoms with Gasteiger partial charge in [-0.05, 0) is 11.7 Å². The first-order valence-corrected chi connectivity index (χ1v) is 8.09. The van der Waals surface area contributed by atoms with Gasteiger partial charge in [-0.25, -0.2) is 8.42 Å². The molecule has 0 atom stereocenters. The Bertz CT molecular complexity index is 225. The van der Waals surface area contributed by atoms with Crippen LogP contribution in [0, 0.1) is 5.92 Å². The van der Waals surface area contributed by atoms with Crippen molar-refractivity contribution in [1.82, 2.24) is 5.32 Å². The maximum Gasteiger partial charge on any atom is 0.148 e. The molecule has 0 fully saturated rings. The van der Waals surface area contributed by atoms with E-state index in [-0.39, 0.29) is 5.75 Å².